The molecule has 0 spiro atoms. The van der Waals surface area contributed by atoms with E-state index in [-0.39, 0.29) is 0 Å². The van der Waals surface area contributed by atoms with Crippen molar-refractivity contribution in [3.63, 3.8) is 0 Å². The number of hydrogen-bond donors (Lipinski definition) is 2. The number of nitrogens with zero attached hydrogens (tertiary/aromatic N) is 1. The Morgan fingerprint density at radius 1 is 1.54 bits per heavy atom. The third-order valence-corrected chi connectivity index (χ3v) is 2.08. The first-order valence-corrected chi connectivity index (χ1v) is 4.97. The van der Waals surface area contributed by atoms with E-state index in [1.54, 1.807) is 0 Å². The van der Waals surface area contributed by atoms with E-state index in [1.807, 2.05) is 0 Å². The lowest BCUT2D eigenvalue weighted by atomic mass is 10.1. The Bertz CT molecular complexity index is 164. The van der Waals surface area contributed by atoms with E-state index >= 15 is 0 Å². The maximum atomic E-state index is 5.69. The van der Waals surface area contributed by atoms with Gasteiger partial charge in [-0.25, -0.2) is 0 Å². The number of nitrogens with two attached hydrogens (primary N) is 1. The van der Waals surface area contributed by atoms with Gasteiger partial charge in [0.05, 0.1) is 0 Å². The van der Waals surface area contributed by atoms with Crippen molar-refractivity contribution < 1.29 is 4.74 Å². The Morgan fingerprint density at radius 3 is 2.85 bits per heavy atom. The normalized spacial score (nSPS) is 20.2. The molecule has 0 saturated carbocycles. The molecule has 1 rings (SSSR count). The summed E-state index contributed by atoms with van der Waals surface area (Å²) in [7, 11) is 0. The first-order valence-electron chi connectivity index (χ1n) is 4.97. The minimum Gasteiger partial charge on any atom is -0.381 e. The van der Waals surface area contributed by atoms with Crippen LogP contribution in [-0.2, 0) is 4.74 Å². The van der Waals surface area contributed by atoms with Crippen molar-refractivity contribution in [1.29, 1.82) is 0 Å². The molecule has 0 bridgehead atoms. The van der Waals surface area contributed by atoms with E-state index in [1.165, 1.54) is 0 Å². The van der Waals surface area contributed by atoms with Crippen LogP contribution < -0.4 is 11.1 Å². The minimum absolute atomic E-state index is 0.453. The molecule has 1 aliphatic heterocycles. The Balaban J connectivity index is 2.21. The van der Waals surface area contributed by atoms with Crippen LogP contribution in [0.1, 0.15) is 26.2 Å². The Kier molecular flexibility index (Phi) is 4.60. The van der Waals surface area contributed by atoms with Gasteiger partial charge in [-0.1, -0.05) is 6.92 Å². The molecule has 1 saturated heterocycles. The summed E-state index contributed by atoms with van der Waals surface area (Å²) in [5.74, 6) is 0.578. The van der Waals surface area contributed by atoms with Crippen molar-refractivity contribution in [1.82, 2.24) is 5.32 Å². The van der Waals surface area contributed by atoms with Gasteiger partial charge in [0, 0.05) is 25.8 Å². The molecule has 76 valence electrons. The third kappa shape index (κ3) is 4.12. The lowest BCUT2D eigenvalue weighted by Gasteiger charge is -2.23. The van der Waals surface area contributed by atoms with Gasteiger partial charge >= 0.3 is 0 Å². The van der Waals surface area contributed by atoms with Crippen molar-refractivity contribution in [2.45, 2.75) is 32.2 Å². The predicted octanol–water partition coefficient (Wildman–Crippen LogP) is 0.480. The Morgan fingerprint density at radius 2 is 2.23 bits per heavy atom. The highest BCUT2D eigenvalue weighted by atomic mass is 16.5. The van der Waals surface area contributed by atoms with Crippen LogP contribution in [0.3, 0.4) is 0 Å². The van der Waals surface area contributed by atoms with E-state index < -0.39 is 0 Å². The highest BCUT2D eigenvalue weighted by molar-refractivity contribution is 5.78. The molecular formula is C9H19N3O. The van der Waals surface area contributed by atoms with Gasteiger partial charge in [-0.15, -0.1) is 0 Å². The van der Waals surface area contributed by atoms with Crippen molar-refractivity contribution >= 4 is 5.96 Å². The number of rotatable bonds is 3. The maximum Gasteiger partial charge on any atom is 0.188 e. The summed E-state index contributed by atoms with van der Waals surface area (Å²) in [4.78, 5) is 4.18. The van der Waals surface area contributed by atoms with Crippen LogP contribution in [0.25, 0.3) is 0 Å². The van der Waals surface area contributed by atoms with Crippen LogP contribution in [-0.4, -0.2) is 31.8 Å². The second-order valence-electron chi connectivity index (χ2n) is 3.30. The lowest BCUT2D eigenvalue weighted by molar-refractivity contribution is 0.0824. The SMILES string of the molecule is CCCN=C(N)NC1CCOCC1. The van der Waals surface area contributed by atoms with Gasteiger partial charge in [0.1, 0.15) is 0 Å². The summed E-state index contributed by atoms with van der Waals surface area (Å²) in [5.41, 5.74) is 5.69. The summed E-state index contributed by atoms with van der Waals surface area (Å²) < 4.78 is 5.24. The molecule has 0 amide bonds. The molecular weight excluding hydrogens is 166 g/mol. The van der Waals surface area contributed by atoms with Crippen LogP contribution in [0.15, 0.2) is 4.99 Å². The molecule has 0 aromatic rings. The average Bonchev–Trinajstić information content (AvgIpc) is 2.16. The number of guanidine groups is 1. The van der Waals surface area contributed by atoms with Crippen LogP contribution >= 0.6 is 0 Å². The van der Waals surface area contributed by atoms with Gasteiger partial charge in [0.2, 0.25) is 0 Å². The van der Waals surface area contributed by atoms with Gasteiger partial charge < -0.3 is 15.8 Å². The Hall–Kier alpha value is -0.770. The number of hydrogen-bond acceptors (Lipinski definition) is 2. The summed E-state index contributed by atoms with van der Waals surface area (Å²) in [6.45, 7) is 4.56. The van der Waals surface area contributed by atoms with E-state index in [9.17, 15) is 0 Å². The van der Waals surface area contributed by atoms with E-state index in [0.717, 1.165) is 39.0 Å². The second-order valence-corrected chi connectivity index (χ2v) is 3.30. The highest BCUT2D eigenvalue weighted by Crippen LogP contribution is 2.05. The number of aliphatic imine (C=N–C) groups is 1. The summed E-state index contributed by atoms with van der Waals surface area (Å²) in [6, 6.07) is 0.453. The molecule has 1 heterocycles. The van der Waals surface area contributed by atoms with Crippen LogP contribution in [0.2, 0.25) is 0 Å². The van der Waals surface area contributed by atoms with Gasteiger partial charge in [0.25, 0.3) is 0 Å². The zero-order valence-corrected chi connectivity index (χ0v) is 8.25. The van der Waals surface area contributed by atoms with Crippen molar-refractivity contribution in [2.75, 3.05) is 19.8 Å². The first kappa shape index (κ1) is 10.3. The molecule has 0 aromatic heterocycles. The van der Waals surface area contributed by atoms with Crippen molar-refractivity contribution in [2.24, 2.45) is 10.7 Å². The maximum absolute atomic E-state index is 5.69. The van der Waals surface area contributed by atoms with Crippen molar-refractivity contribution in [3.8, 4) is 0 Å². The smallest absolute Gasteiger partial charge is 0.188 e. The van der Waals surface area contributed by atoms with E-state index in [0.29, 0.717) is 12.0 Å². The summed E-state index contributed by atoms with van der Waals surface area (Å²) >= 11 is 0. The zero-order valence-electron chi connectivity index (χ0n) is 8.25. The topological polar surface area (TPSA) is 59.6 Å². The molecule has 3 N–H and O–H groups in total. The largest absolute Gasteiger partial charge is 0.381 e. The van der Waals surface area contributed by atoms with Gasteiger partial charge in [0.15, 0.2) is 5.96 Å². The molecule has 0 atom stereocenters. The predicted molar refractivity (Wildman–Crippen MR) is 53.8 cm³/mol. The highest BCUT2D eigenvalue weighted by Gasteiger charge is 2.13. The Labute approximate surface area is 79.6 Å². The third-order valence-electron chi connectivity index (χ3n) is 2.08. The fourth-order valence-electron chi connectivity index (χ4n) is 1.33. The van der Waals surface area contributed by atoms with E-state index in [4.69, 9.17) is 10.5 Å². The number of ether oxygens (including phenoxy) is 1. The molecule has 0 radical (unpaired) electrons. The molecule has 4 nitrogen and oxygen atoms in total. The second kappa shape index (κ2) is 5.80. The molecule has 0 unspecified atom stereocenters. The number of nitrogens with one attached hydrogen (secondary N) is 1. The van der Waals surface area contributed by atoms with Gasteiger partial charge in [-0.2, -0.15) is 0 Å². The quantitative estimate of drug-likeness (QED) is 0.496. The van der Waals surface area contributed by atoms with Gasteiger partial charge in [-0.05, 0) is 19.3 Å². The fourth-order valence-corrected chi connectivity index (χ4v) is 1.33. The minimum atomic E-state index is 0.453. The lowest BCUT2D eigenvalue weighted by Crippen LogP contribution is -2.43. The van der Waals surface area contributed by atoms with Crippen LogP contribution in [0.4, 0.5) is 0 Å². The monoisotopic (exact) mass is 185 g/mol. The molecule has 1 aliphatic rings. The summed E-state index contributed by atoms with van der Waals surface area (Å²) in [6.07, 6.45) is 3.10. The van der Waals surface area contributed by atoms with E-state index in [2.05, 4.69) is 17.2 Å². The molecule has 0 aromatic carbocycles. The van der Waals surface area contributed by atoms with Crippen LogP contribution in [0, 0.1) is 0 Å². The molecule has 4 heteroatoms. The van der Waals surface area contributed by atoms with Crippen LogP contribution in [0.5, 0.6) is 0 Å². The standard InChI is InChI=1S/C9H19N3O/c1-2-5-11-9(10)12-8-3-6-13-7-4-8/h8H,2-7H2,1H3,(H3,10,11,12). The average molecular weight is 185 g/mol. The first-order chi connectivity index (χ1) is 6.33. The fraction of sp³-hybridized carbons (Fsp3) is 0.889. The zero-order chi connectivity index (χ0) is 9.52. The molecule has 0 aliphatic carbocycles. The molecule has 13 heavy (non-hydrogen) atoms. The van der Waals surface area contributed by atoms with Gasteiger partial charge in [-0.3, -0.25) is 4.99 Å². The summed E-state index contributed by atoms with van der Waals surface area (Å²) in [5, 5.41) is 3.20. The van der Waals surface area contributed by atoms with Crippen molar-refractivity contribution in [3.05, 3.63) is 0 Å². The molecule has 1 fully saturated rings.